The number of aliphatic hydroxyl groups is 1. The first-order valence-corrected chi connectivity index (χ1v) is 15.1. The van der Waals surface area contributed by atoms with Gasteiger partial charge in [-0.15, -0.1) is 8.80 Å². The summed E-state index contributed by atoms with van der Waals surface area (Å²) in [5.74, 6) is 2.16. The van der Waals surface area contributed by atoms with E-state index in [4.69, 9.17) is 19.9 Å². The Labute approximate surface area is 233 Å². The molecule has 0 bridgehead atoms. The number of unbranched alkanes of at least 4 members (excludes halogenated alkanes) is 2. The second kappa shape index (κ2) is 16.6. The van der Waals surface area contributed by atoms with Gasteiger partial charge in [-0.25, -0.2) is 0 Å². The van der Waals surface area contributed by atoms with Crippen LogP contribution in [-0.2, 0) is 21.4 Å². The van der Waals surface area contributed by atoms with Crippen molar-refractivity contribution < 1.29 is 27.7 Å². The van der Waals surface area contributed by atoms with Crippen LogP contribution in [0.15, 0.2) is 27.0 Å². The van der Waals surface area contributed by atoms with E-state index in [-0.39, 0.29) is 24.1 Å². The molecule has 0 radical (unpaired) electrons. The Morgan fingerprint density at radius 3 is 2.38 bits per heavy atom. The number of hydrogen-bond donors (Lipinski definition) is 4. The van der Waals surface area contributed by atoms with E-state index in [1.807, 2.05) is 18.2 Å². The standard InChI is InChI=1S/C27H47N5O6S/c1-6-7-8-12-29-26-27(32-39(34,35)31-26)30-18-23(33)22(28)17-21(19(2)3)15-20-10-11-24(37-5)25(16-20)38-14-9-13-36-4/h10-11,16,19,21-23,33H,6-9,12-15,17-18,28H2,1-5H3,(H,29,31)(H,30,32)/t21-,22-,23-/m0/s1. The summed E-state index contributed by atoms with van der Waals surface area (Å²) in [5.41, 5.74) is 7.51. The summed E-state index contributed by atoms with van der Waals surface area (Å²) in [6.07, 6.45) is 4.17. The molecule has 1 aliphatic rings. The molecule has 11 nitrogen and oxygen atoms in total. The molecule has 1 aromatic carbocycles. The molecule has 1 heterocycles. The average Bonchev–Trinajstić information content (AvgIpc) is 3.20. The number of aliphatic hydroxyl groups excluding tert-OH is 1. The number of amidine groups is 2. The number of nitrogens with two attached hydrogens (primary N) is 1. The van der Waals surface area contributed by atoms with Crippen molar-refractivity contribution in [2.45, 2.75) is 71.4 Å². The number of ether oxygens (including phenoxy) is 3. The second-order valence-corrected chi connectivity index (χ2v) is 11.5. The van der Waals surface area contributed by atoms with E-state index in [2.05, 4.69) is 40.2 Å². The molecule has 0 saturated heterocycles. The Balaban J connectivity index is 1.96. The Kier molecular flexibility index (Phi) is 14.0. The van der Waals surface area contributed by atoms with Crippen LogP contribution in [0, 0.1) is 11.8 Å². The molecule has 12 heteroatoms. The lowest BCUT2D eigenvalue weighted by atomic mass is 9.83. The quantitative estimate of drug-likeness (QED) is 0.195. The summed E-state index contributed by atoms with van der Waals surface area (Å²) in [7, 11) is -0.645. The van der Waals surface area contributed by atoms with Crippen LogP contribution >= 0.6 is 0 Å². The van der Waals surface area contributed by atoms with E-state index >= 15 is 0 Å². The van der Waals surface area contributed by atoms with Gasteiger partial charge in [-0.1, -0.05) is 39.7 Å². The topological polar surface area (TPSA) is 157 Å². The van der Waals surface area contributed by atoms with Gasteiger partial charge in [-0.05, 0) is 48.8 Å². The smallest absolute Gasteiger partial charge is 0.367 e. The van der Waals surface area contributed by atoms with Crippen molar-refractivity contribution in [1.82, 2.24) is 10.6 Å². The fourth-order valence-electron chi connectivity index (χ4n) is 4.25. The van der Waals surface area contributed by atoms with Crippen LogP contribution in [0.3, 0.4) is 0 Å². The van der Waals surface area contributed by atoms with Gasteiger partial charge >= 0.3 is 10.2 Å². The van der Waals surface area contributed by atoms with E-state index in [0.29, 0.717) is 43.6 Å². The molecular formula is C27H47N5O6S. The van der Waals surface area contributed by atoms with Gasteiger partial charge in [0.15, 0.2) is 23.2 Å². The van der Waals surface area contributed by atoms with Gasteiger partial charge in [-0.3, -0.25) is 0 Å². The lowest BCUT2D eigenvalue weighted by Gasteiger charge is -2.27. The highest BCUT2D eigenvalue weighted by Crippen LogP contribution is 2.31. The van der Waals surface area contributed by atoms with Gasteiger partial charge in [-0.2, -0.15) is 8.42 Å². The predicted octanol–water partition coefficient (Wildman–Crippen LogP) is 2.43. The minimum Gasteiger partial charge on any atom is -0.493 e. The van der Waals surface area contributed by atoms with Crippen molar-refractivity contribution in [2.75, 3.05) is 40.5 Å². The van der Waals surface area contributed by atoms with Crippen molar-refractivity contribution in [2.24, 2.45) is 26.4 Å². The molecule has 0 aliphatic carbocycles. The lowest BCUT2D eigenvalue weighted by molar-refractivity contribution is 0.129. The largest absolute Gasteiger partial charge is 0.493 e. The van der Waals surface area contributed by atoms with Crippen LogP contribution < -0.4 is 25.8 Å². The molecule has 1 aromatic rings. The highest BCUT2D eigenvalue weighted by atomic mass is 32.2. The lowest BCUT2D eigenvalue weighted by Crippen LogP contribution is -2.47. The molecule has 39 heavy (non-hydrogen) atoms. The zero-order valence-electron chi connectivity index (χ0n) is 24.0. The molecule has 5 N–H and O–H groups in total. The van der Waals surface area contributed by atoms with Crippen molar-refractivity contribution in [3.05, 3.63) is 23.8 Å². The van der Waals surface area contributed by atoms with Crippen molar-refractivity contribution in [1.29, 1.82) is 0 Å². The van der Waals surface area contributed by atoms with E-state index < -0.39 is 22.4 Å². The van der Waals surface area contributed by atoms with Gasteiger partial charge in [0, 0.05) is 39.3 Å². The number of benzene rings is 1. The first-order valence-electron chi connectivity index (χ1n) is 13.7. The van der Waals surface area contributed by atoms with Crippen LogP contribution in [0.25, 0.3) is 0 Å². The third kappa shape index (κ3) is 11.3. The molecule has 3 atom stereocenters. The van der Waals surface area contributed by atoms with E-state index in [0.717, 1.165) is 37.7 Å². The first-order chi connectivity index (χ1) is 18.6. The summed E-state index contributed by atoms with van der Waals surface area (Å²) >= 11 is 0. The summed E-state index contributed by atoms with van der Waals surface area (Å²) in [6.45, 7) is 8.16. The number of nitrogens with one attached hydrogen (secondary N) is 2. The molecule has 0 unspecified atom stereocenters. The van der Waals surface area contributed by atoms with Gasteiger partial charge in [0.25, 0.3) is 0 Å². The minimum atomic E-state index is -3.93. The predicted molar refractivity (Wildman–Crippen MR) is 155 cm³/mol. The third-order valence-electron chi connectivity index (χ3n) is 6.68. The molecule has 1 aliphatic heterocycles. The van der Waals surface area contributed by atoms with Crippen LogP contribution in [-0.4, -0.2) is 77.9 Å². The molecule has 0 amide bonds. The van der Waals surface area contributed by atoms with E-state index in [9.17, 15) is 13.5 Å². The number of methoxy groups -OCH3 is 2. The monoisotopic (exact) mass is 569 g/mol. The summed E-state index contributed by atoms with van der Waals surface area (Å²) < 4.78 is 47.6. The second-order valence-electron chi connectivity index (χ2n) is 10.2. The fourth-order valence-corrected chi connectivity index (χ4v) is 5.06. The number of nitrogens with zero attached hydrogens (tertiary/aromatic N) is 2. The first kappa shape index (κ1) is 32.8. The average molecular weight is 570 g/mol. The fraction of sp³-hybridized carbons (Fsp3) is 0.704. The highest BCUT2D eigenvalue weighted by Gasteiger charge is 2.27. The summed E-state index contributed by atoms with van der Waals surface area (Å²) in [4.78, 5) is 0. The van der Waals surface area contributed by atoms with Gasteiger partial charge in [0.2, 0.25) is 0 Å². The maximum Gasteiger partial charge on any atom is 0.367 e. The van der Waals surface area contributed by atoms with Crippen LogP contribution in [0.4, 0.5) is 0 Å². The molecule has 0 aromatic heterocycles. The van der Waals surface area contributed by atoms with Gasteiger partial charge in [0.1, 0.15) is 0 Å². The Morgan fingerprint density at radius 1 is 1.03 bits per heavy atom. The van der Waals surface area contributed by atoms with Crippen LogP contribution in [0.2, 0.25) is 0 Å². The van der Waals surface area contributed by atoms with Crippen molar-refractivity contribution in [3.63, 3.8) is 0 Å². The van der Waals surface area contributed by atoms with Crippen LogP contribution in [0.1, 0.15) is 58.4 Å². The van der Waals surface area contributed by atoms with Crippen molar-refractivity contribution >= 4 is 21.9 Å². The SMILES string of the molecule is CCCCCNC1=NS(=O)(=O)N=C1NC[C@H](O)[C@@H](N)C[C@H](Cc1ccc(OC)c(OCCCOC)c1)C(C)C. The van der Waals surface area contributed by atoms with Gasteiger partial charge < -0.3 is 35.7 Å². The Hall–Kier alpha value is -2.41. The summed E-state index contributed by atoms with van der Waals surface area (Å²) in [5, 5.41) is 16.7. The minimum absolute atomic E-state index is 0.0536. The number of hydrogen-bond acceptors (Lipinski definition) is 9. The zero-order chi connectivity index (χ0) is 28.8. The molecule has 222 valence electrons. The van der Waals surface area contributed by atoms with Gasteiger partial charge in [0.05, 0.1) is 19.8 Å². The van der Waals surface area contributed by atoms with Crippen LogP contribution in [0.5, 0.6) is 11.5 Å². The molecule has 2 rings (SSSR count). The zero-order valence-corrected chi connectivity index (χ0v) is 24.8. The number of rotatable bonds is 18. The molecule has 0 spiro atoms. The van der Waals surface area contributed by atoms with E-state index in [1.54, 1.807) is 14.2 Å². The molecule has 0 saturated carbocycles. The highest BCUT2D eigenvalue weighted by molar-refractivity contribution is 7.89. The Bertz CT molecular complexity index is 1050. The maximum atomic E-state index is 11.9. The molecular weight excluding hydrogens is 522 g/mol. The Morgan fingerprint density at radius 2 is 1.74 bits per heavy atom. The normalized spacial score (nSPS) is 16.8. The maximum absolute atomic E-state index is 11.9. The molecule has 0 fully saturated rings. The third-order valence-corrected chi connectivity index (χ3v) is 7.50. The summed E-state index contributed by atoms with van der Waals surface area (Å²) in [6, 6.07) is 5.40. The van der Waals surface area contributed by atoms with E-state index in [1.165, 1.54) is 0 Å². The van der Waals surface area contributed by atoms with Crippen molar-refractivity contribution in [3.8, 4) is 11.5 Å².